The maximum Gasteiger partial charge on any atom is 0.256 e. The molecular formula is C24H28N2O2. The van der Waals surface area contributed by atoms with Crippen molar-refractivity contribution in [3.8, 4) is 5.75 Å². The molecule has 1 aromatic heterocycles. The molecule has 2 aromatic carbocycles. The SMILES string of the molecule is CC(C)(C)c1cc(C(=O)Nc2cc3ccccc3cn2)cc(C(C)(C)C)c1O. The molecule has 0 atom stereocenters. The predicted octanol–water partition coefficient (Wildman–Crippen LogP) is 5.79. The van der Waals surface area contributed by atoms with Gasteiger partial charge in [0.05, 0.1) is 0 Å². The van der Waals surface area contributed by atoms with Gasteiger partial charge in [0, 0.05) is 28.3 Å². The predicted molar refractivity (Wildman–Crippen MR) is 115 cm³/mol. The second-order valence-corrected chi connectivity index (χ2v) is 9.29. The first kappa shape index (κ1) is 19.9. The molecule has 0 aliphatic carbocycles. The van der Waals surface area contributed by atoms with E-state index in [2.05, 4.69) is 10.3 Å². The number of aromatic hydroxyl groups is 1. The quantitative estimate of drug-likeness (QED) is 0.595. The van der Waals surface area contributed by atoms with E-state index in [-0.39, 0.29) is 22.5 Å². The van der Waals surface area contributed by atoms with Crippen LogP contribution in [-0.2, 0) is 10.8 Å². The van der Waals surface area contributed by atoms with Gasteiger partial charge in [-0.1, -0.05) is 65.8 Å². The number of phenolic OH excluding ortho intramolecular Hbond substituents is 1. The van der Waals surface area contributed by atoms with Crippen LogP contribution < -0.4 is 5.32 Å². The van der Waals surface area contributed by atoms with E-state index in [9.17, 15) is 9.90 Å². The van der Waals surface area contributed by atoms with E-state index < -0.39 is 0 Å². The number of phenols is 1. The third-order valence-electron chi connectivity index (χ3n) is 4.86. The highest BCUT2D eigenvalue weighted by atomic mass is 16.3. The number of aromatic nitrogens is 1. The van der Waals surface area contributed by atoms with Gasteiger partial charge in [-0.15, -0.1) is 0 Å². The number of nitrogens with one attached hydrogen (secondary N) is 1. The zero-order valence-corrected chi connectivity index (χ0v) is 17.4. The smallest absolute Gasteiger partial charge is 0.256 e. The van der Waals surface area contributed by atoms with Crippen molar-refractivity contribution >= 4 is 22.5 Å². The number of rotatable bonds is 2. The molecule has 28 heavy (non-hydrogen) atoms. The molecule has 1 amide bonds. The van der Waals surface area contributed by atoms with Crippen molar-refractivity contribution < 1.29 is 9.90 Å². The standard InChI is InChI=1S/C24H28N2O2/c1-23(2,3)18-11-17(12-19(21(18)27)24(4,5)6)22(28)26-20-13-15-9-7-8-10-16(15)14-25-20/h7-14,27H,1-6H3,(H,25,26,28). The topological polar surface area (TPSA) is 62.2 Å². The molecule has 4 nitrogen and oxygen atoms in total. The van der Waals surface area contributed by atoms with Gasteiger partial charge >= 0.3 is 0 Å². The van der Waals surface area contributed by atoms with Crippen molar-refractivity contribution in [2.24, 2.45) is 0 Å². The number of fused-ring (bicyclic) bond motifs is 1. The number of carbonyl (C=O) groups excluding carboxylic acids is 1. The van der Waals surface area contributed by atoms with E-state index in [0.29, 0.717) is 11.4 Å². The van der Waals surface area contributed by atoms with Crippen molar-refractivity contribution in [3.05, 3.63) is 65.4 Å². The zero-order valence-electron chi connectivity index (χ0n) is 17.4. The van der Waals surface area contributed by atoms with Crippen LogP contribution in [0.15, 0.2) is 48.7 Å². The van der Waals surface area contributed by atoms with Gasteiger partial charge in [-0.25, -0.2) is 4.98 Å². The summed E-state index contributed by atoms with van der Waals surface area (Å²) in [5, 5.41) is 15.8. The minimum Gasteiger partial charge on any atom is -0.507 e. The Morgan fingerprint density at radius 1 is 0.893 bits per heavy atom. The second-order valence-electron chi connectivity index (χ2n) is 9.29. The van der Waals surface area contributed by atoms with Crippen LogP contribution in [0.4, 0.5) is 5.82 Å². The minimum absolute atomic E-state index is 0.237. The molecule has 0 unspecified atom stereocenters. The Bertz CT molecular complexity index is 1010. The fourth-order valence-electron chi connectivity index (χ4n) is 3.25. The average Bonchev–Trinajstić information content (AvgIpc) is 2.59. The summed E-state index contributed by atoms with van der Waals surface area (Å²) in [5.41, 5.74) is 1.46. The molecule has 4 heteroatoms. The molecule has 0 spiro atoms. The summed E-state index contributed by atoms with van der Waals surface area (Å²) >= 11 is 0. The minimum atomic E-state index is -0.290. The average molecular weight is 377 g/mol. The highest BCUT2D eigenvalue weighted by Crippen LogP contribution is 2.39. The van der Waals surface area contributed by atoms with Crippen LogP contribution in [0.3, 0.4) is 0 Å². The molecule has 0 aliphatic rings. The Morgan fingerprint density at radius 3 is 1.96 bits per heavy atom. The van der Waals surface area contributed by atoms with Crippen LogP contribution in [0.2, 0.25) is 0 Å². The summed E-state index contributed by atoms with van der Waals surface area (Å²) in [5.74, 6) is 0.533. The van der Waals surface area contributed by atoms with E-state index in [4.69, 9.17) is 0 Å². The van der Waals surface area contributed by atoms with Gasteiger partial charge in [-0.05, 0) is 34.4 Å². The van der Waals surface area contributed by atoms with Gasteiger partial charge in [0.25, 0.3) is 5.91 Å². The van der Waals surface area contributed by atoms with Gasteiger partial charge in [-0.3, -0.25) is 4.79 Å². The third kappa shape index (κ3) is 4.01. The number of hydrogen-bond acceptors (Lipinski definition) is 3. The largest absolute Gasteiger partial charge is 0.507 e. The lowest BCUT2D eigenvalue weighted by atomic mass is 9.78. The first-order chi connectivity index (χ1) is 13.0. The Kier molecular flexibility index (Phi) is 4.92. The van der Waals surface area contributed by atoms with Crippen molar-refractivity contribution in [1.29, 1.82) is 0 Å². The van der Waals surface area contributed by atoms with Crippen LogP contribution in [0.25, 0.3) is 10.8 Å². The summed E-state index contributed by atoms with van der Waals surface area (Å²) in [6.45, 7) is 12.2. The number of nitrogens with zero attached hydrogens (tertiary/aromatic N) is 1. The van der Waals surface area contributed by atoms with Crippen molar-refractivity contribution in [2.75, 3.05) is 5.32 Å². The van der Waals surface area contributed by atoms with Gasteiger partial charge < -0.3 is 10.4 Å². The maximum atomic E-state index is 13.0. The monoisotopic (exact) mass is 376 g/mol. The molecule has 3 rings (SSSR count). The molecule has 0 bridgehead atoms. The van der Waals surface area contributed by atoms with Crippen molar-refractivity contribution in [3.63, 3.8) is 0 Å². The Labute approximate surface area is 166 Å². The number of pyridine rings is 1. The maximum absolute atomic E-state index is 13.0. The summed E-state index contributed by atoms with van der Waals surface area (Å²) in [6, 6.07) is 13.3. The van der Waals surface area contributed by atoms with Crippen LogP contribution in [-0.4, -0.2) is 16.0 Å². The van der Waals surface area contributed by atoms with E-state index >= 15 is 0 Å². The van der Waals surface area contributed by atoms with Gasteiger partial charge in [-0.2, -0.15) is 0 Å². The summed E-state index contributed by atoms with van der Waals surface area (Å²) in [4.78, 5) is 17.3. The number of anilines is 1. The lowest BCUT2D eigenvalue weighted by Crippen LogP contribution is -2.21. The summed E-state index contributed by atoms with van der Waals surface area (Å²) in [6.07, 6.45) is 1.75. The Balaban J connectivity index is 2.02. The van der Waals surface area contributed by atoms with Crippen LogP contribution in [0, 0.1) is 0 Å². The van der Waals surface area contributed by atoms with Crippen molar-refractivity contribution in [1.82, 2.24) is 4.98 Å². The number of carbonyl (C=O) groups is 1. The Hall–Kier alpha value is -2.88. The molecule has 2 N–H and O–H groups in total. The lowest BCUT2D eigenvalue weighted by Gasteiger charge is -2.28. The molecule has 3 aromatic rings. The van der Waals surface area contributed by atoms with Crippen molar-refractivity contribution in [2.45, 2.75) is 52.4 Å². The summed E-state index contributed by atoms with van der Waals surface area (Å²) in [7, 11) is 0. The highest BCUT2D eigenvalue weighted by molar-refractivity contribution is 6.05. The third-order valence-corrected chi connectivity index (χ3v) is 4.86. The van der Waals surface area contributed by atoms with E-state index in [1.54, 1.807) is 18.3 Å². The molecule has 0 fully saturated rings. The normalized spacial score (nSPS) is 12.2. The van der Waals surface area contributed by atoms with E-state index in [1.807, 2.05) is 71.9 Å². The lowest BCUT2D eigenvalue weighted by molar-refractivity contribution is 0.102. The second kappa shape index (κ2) is 6.93. The van der Waals surface area contributed by atoms with Crippen LogP contribution in [0.5, 0.6) is 5.75 Å². The molecule has 0 saturated carbocycles. The molecule has 0 radical (unpaired) electrons. The summed E-state index contributed by atoms with van der Waals surface area (Å²) < 4.78 is 0. The van der Waals surface area contributed by atoms with E-state index in [0.717, 1.165) is 21.9 Å². The van der Waals surface area contributed by atoms with Crippen LogP contribution >= 0.6 is 0 Å². The zero-order chi connectivity index (χ0) is 20.7. The fourth-order valence-corrected chi connectivity index (χ4v) is 3.25. The van der Waals surface area contributed by atoms with Gasteiger partial charge in [0.1, 0.15) is 11.6 Å². The first-order valence-electron chi connectivity index (χ1n) is 9.51. The highest BCUT2D eigenvalue weighted by Gasteiger charge is 2.27. The molecule has 0 saturated heterocycles. The number of benzene rings is 2. The molecule has 146 valence electrons. The molecule has 0 aliphatic heterocycles. The molecule has 1 heterocycles. The number of hydrogen-bond donors (Lipinski definition) is 2. The van der Waals surface area contributed by atoms with Gasteiger partial charge in [0.2, 0.25) is 0 Å². The van der Waals surface area contributed by atoms with Gasteiger partial charge in [0.15, 0.2) is 0 Å². The van der Waals surface area contributed by atoms with Crippen LogP contribution in [0.1, 0.15) is 63.0 Å². The first-order valence-corrected chi connectivity index (χ1v) is 9.51. The van der Waals surface area contributed by atoms with E-state index in [1.165, 1.54) is 0 Å². The number of amides is 1. The fraction of sp³-hybridized carbons (Fsp3) is 0.333. The molecular weight excluding hydrogens is 348 g/mol. The Morgan fingerprint density at radius 2 is 1.43 bits per heavy atom.